The second kappa shape index (κ2) is 8.19. The molecule has 138 valence electrons. The second-order valence-corrected chi connectivity index (χ2v) is 6.19. The van der Waals surface area contributed by atoms with E-state index in [1.54, 1.807) is 0 Å². The van der Waals surface area contributed by atoms with Gasteiger partial charge < -0.3 is 10.1 Å². The van der Waals surface area contributed by atoms with Gasteiger partial charge in [0.15, 0.2) is 5.01 Å². The Labute approximate surface area is 156 Å². The summed E-state index contributed by atoms with van der Waals surface area (Å²) in [5, 5.41) is 24.1. The van der Waals surface area contributed by atoms with E-state index in [9.17, 15) is 19.3 Å². The number of anilines is 2. The molecule has 0 unspecified atom stereocenters. The Balaban J connectivity index is 1.51. The zero-order chi connectivity index (χ0) is 19.2. The third-order valence-electron chi connectivity index (χ3n) is 3.20. The normalized spacial score (nSPS) is 10.3. The molecule has 0 aliphatic carbocycles. The minimum absolute atomic E-state index is 0.0306. The fraction of sp³-hybridized carbons (Fsp3) is 0.0625. The lowest BCUT2D eigenvalue weighted by molar-refractivity contribution is -0.384. The van der Waals surface area contributed by atoms with Gasteiger partial charge in [0.25, 0.3) is 5.69 Å². The number of rotatable bonds is 6. The van der Waals surface area contributed by atoms with Crippen molar-refractivity contribution in [3.8, 4) is 5.75 Å². The van der Waals surface area contributed by atoms with Crippen LogP contribution < -0.4 is 15.4 Å². The number of non-ortho nitro benzene ring substituents is 1. The van der Waals surface area contributed by atoms with Crippen LogP contribution in [0.2, 0.25) is 0 Å². The van der Waals surface area contributed by atoms with E-state index >= 15 is 0 Å². The maximum atomic E-state index is 12.8. The highest BCUT2D eigenvalue weighted by Crippen LogP contribution is 2.21. The van der Waals surface area contributed by atoms with E-state index in [4.69, 9.17) is 4.74 Å². The van der Waals surface area contributed by atoms with Crippen LogP contribution >= 0.6 is 11.3 Å². The van der Waals surface area contributed by atoms with Crippen LogP contribution in [0.3, 0.4) is 0 Å². The first-order chi connectivity index (χ1) is 13.0. The Kier molecular flexibility index (Phi) is 5.52. The number of hydrogen-bond acceptors (Lipinski definition) is 7. The number of nitrogens with one attached hydrogen (secondary N) is 2. The number of ether oxygens (including phenoxy) is 1. The summed E-state index contributed by atoms with van der Waals surface area (Å²) in [5.41, 5.74) is 0.400. The van der Waals surface area contributed by atoms with Gasteiger partial charge in [-0.3, -0.25) is 15.4 Å². The number of nitrogens with zero attached hydrogens (tertiary/aromatic N) is 3. The number of urea groups is 1. The topological polar surface area (TPSA) is 119 Å². The zero-order valence-electron chi connectivity index (χ0n) is 13.6. The molecule has 0 bridgehead atoms. The molecule has 0 radical (unpaired) electrons. The largest absolute Gasteiger partial charge is 0.486 e. The molecule has 3 rings (SSSR count). The van der Waals surface area contributed by atoms with Crippen molar-refractivity contribution in [1.82, 2.24) is 10.2 Å². The van der Waals surface area contributed by atoms with E-state index in [0.717, 1.165) is 11.3 Å². The van der Waals surface area contributed by atoms with Crippen molar-refractivity contribution in [3.63, 3.8) is 0 Å². The van der Waals surface area contributed by atoms with Crippen molar-refractivity contribution in [2.24, 2.45) is 0 Å². The molecule has 1 heterocycles. The SMILES string of the molecule is O=C(Nc1ccc(F)cc1)Nc1nnc(COc2ccc([N+](=O)[O-])cc2)s1. The maximum absolute atomic E-state index is 12.8. The summed E-state index contributed by atoms with van der Waals surface area (Å²) in [6, 6.07) is 10.4. The Hall–Kier alpha value is -3.60. The Morgan fingerprint density at radius 1 is 1.11 bits per heavy atom. The Bertz CT molecular complexity index is 946. The van der Waals surface area contributed by atoms with Gasteiger partial charge in [0.1, 0.15) is 18.2 Å². The van der Waals surface area contributed by atoms with Crippen LogP contribution in [0.25, 0.3) is 0 Å². The van der Waals surface area contributed by atoms with Gasteiger partial charge in [0, 0.05) is 17.8 Å². The molecule has 0 fully saturated rings. The number of hydrogen-bond donors (Lipinski definition) is 2. The average Bonchev–Trinajstić information content (AvgIpc) is 3.09. The molecule has 0 spiro atoms. The summed E-state index contributed by atoms with van der Waals surface area (Å²) in [5.74, 6) is 0.0436. The van der Waals surface area contributed by atoms with Gasteiger partial charge in [0.2, 0.25) is 5.13 Å². The lowest BCUT2D eigenvalue weighted by atomic mass is 10.3. The smallest absolute Gasteiger partial charge is 0.325 e. The molecule has 3 aromatic rings. The first-order valence-electron chi connectivity index (χ1n) is 7.53. The number of carbonyl (C=O) groups excluding carboxylic acids is 1. The minimum atomic E-state index is -0.541. The predicted octanol–water partition coefficient (Wildman–Crippen LogP) is 3.81. The van der Waals surface area contributed by atoms with E-state index < -0.39 is 16.8 Å². The fourth-order valence-corrected chi connectivity index (χ4v) is 2.61. The van der Waals surface area contributed by atoms with E-state index in [2.05, 4.69) is 20.8 Å². The molecule has 0 aliphatic heterocycles. The van der Waals surface area contributed by atoms with Crippen LogP contribution in [-0.4, -0.2) is 21.2 Å². The van der Waals surface area contributed by atoms with E-state index in [-0.39, 0.29) is 17.4 Å². The summed E-state index contributed by atoms with van der Waals surface area (Å²) in [7, 11) is 0. The van der Waals surface area contributed by atoms with Gasteiger partial charge in [0.05, 0.1) is 4.92 Å². The first-order valence-corrected chi connectivity index (χ1v) is 8.34. The standard InChI is InChI=1S/C16H12FN5O4S/c17-10-1-3-11(4-2-10)18-15(23)19-16-21-20-14(27-16)9-26-13-7-5-12(6-8-13)22(24)25/h1-8H,9H2,(H2,18,19,21,23). The number of halogens is 1. The summed E-state index contributed by atoms with van der Waals surface area (Å²) >= 11 is 1.11. The van der Waals surface area contributed by atoms with Crippen molar-refractivity contribution in [2.75, 3.05) is 10.6 Å². The maximum Gasteiger partial charge on any atom is 0.325 e. The summed E-state index contributed by atoms with van der Waals surface area (Å²) in [6.45, 7) is 0.0940. The highest BCUT2D eigenvalue weighted by Gasteiger charge is 2.10. The number of benzene rings is 2. The molecule has 9 nitrogen and oxygen atoms in total. The van der Waals surface area contributed by atoms with Gasteiger partial charge in [-0.05, 0) is 36.4 Å². The molecule has 0 saturated carbocycles. The van der Waals surface area contributed by atoms with Crippen molar-refractivity contribution < 1.29 is 18.8 Å². The molecular weight excluding hydrogens is 377 g/mol. The van der Waals surface area contributed by atoms with Gasteiger partial charge in [-0.15, -0.1) is 10.2 Å². The van der Waals surface area contributed by atoms with Crippen LogP contribution in [-0.2, 0) is 6.61 Å². The van der Waals surface area contributed by atoms with Gasteiger partial charge in [-0.25, -0.2) is 9.18 Å². The zero-order valence-corrected chi connectivity index (χ0v) is 14.4. The molecule has 0 aliphatic rings. The van der Waals surface area contributed by atoms with Gasteiger partial charge >= 0.3 is 6.03 Å². The number of nitro benzene ring substituents is 1. The number of amides is 2. The molecule has 2 N–H and O–H groups in total. The van der Waals surface area contributed by atoms with Gasteiger partial charge in [-0.1, -0.05) is 11.3 Å². The van der Waals surface area contributed by atoms with Crippen LogP contribution in [0.1, 0.15) is 5.01 Å². The predicted molar refractivity (Wildman–Crippen MR) is 96.4 cm³/mol. The summed E-state index contributed by atoms with van der Waals surface area (Å²) < 4.78 is 18.3. The molecular formula is C16H12FN5O4S. The third-order valence-corrected chi connectivity index (χ3v) is 4.01. The highest BCUT2D eigenvalue weighted by molar-refractivity contribution is 7.15. The van der Waals surface area contributed by atoms with E-state index in [1.807, 2.05) is 0 Å². The fourth-order valence-electron chi connectivity index (χ4n) is 1.96. The van der Waals surface area contributed by atoms with Crippen LogP contribution in [0.15, 0.2) is 48.5 Å². The Morgan fingerprint density at radius 2 is 1.81 bits per heavy atom. The van der Waals surface area contributed by atoms with Crippen molar-refractivity contribution >= 4 is 33.9 Å². The monoisotopic (exact) mass is 389 g/mol. The third kappa shape index (κ3) is 5.19. The summed E-state index contributed by atoms with van der Waals surface area (Å²) in [4.78, 5) is 22.0. The number of carbonyl (C=O) groups is 1. The lowest BCUT2D eigenvalue weighted by Crippen LogP contribution is -2.19. The molecule has 0 saturated heterocycles. The first kappa shape index (κ1) is 18.2. The molecule has 1 aromatic heterocycles. The second-order valence-electron chi connectivity index (χ2n) is 5.13. The van der Waals surface area contributed by atoms with E-state index in [0.29, 0.717) is 16.4 Å². The van der Waals surface area contributed by atoms with Crippen molar-refractivity contribution in [3.05, 3.63) is 69.5 Å². The van der Waals surface area contributed by atoms with Crippen LogP contribution in [0, 0.1) is 15.9 Å². The van der Waals surface area contributed by atoms with Gasteiger partial charge in [-0.2, -0.15) is 0 Å². The van der Waals surface area contributed by atoms with E-state index in [1.165, 1.54) is 48.5 Å². The highest BCUT2D eigenvalue weighted by atomic mass is 32.1. The van der Waals surface area contributed by atoms with Crippen LogP contribution in [0.4, 0.5) is 25.7 Å². The average molecular weight is 389 g/mol. The summed E-state index contributed by atoms with van der Waals surface area (Å²) in [6.07, 6.45) is 0. The number of nitro groups is 1. The molecule has 2 amide bonds. The lowest BCUT2D eigenvalue weighted by Gasteiger charge is -2.04. The molecule has 11 heteroatoms. The van der Waals surface area contributed by atoms with Crippen LogP contribution in [0.5, 0.6) is 5.75 Å². The number of aromatic nitrogens is 2. The molecule has 0 atom stereocenters. The van der Waals surface area contributed by atoms with Crippen molar-refractivity contribution in [1.29, 1.82) is 0 Å². The minimum Gasteiger partial charge on any atom is -0.486 e. The molecule has 2 aromatic carbocycles. The quantitative estimate of drug-likeness (QED) is 0.489. The van der Waals surface area contributed by atoms with Crippen molar-refractivity contribution in [2.45, 2.75) is 6.61 Å². The molecule has 27 heavy (non-hydrogen) atoms. The Morgan fingerprint density at radius 3 is 2.48 bits per heavy atom.